The lowest BCUT2D eigenvalue weighted by molar-refractivity contribution is -0.151. The van der Waals surface area contributed by atoms with Gasteiger partial charge >= 0.3 is 0 Å². The first-order valence-corrected chi connectivity index (χ1v) is 8.69. The average Bonchev–Trinajstić information content (AvgIpc) is 2.59. The Balaban J connectivity index is 1.41. The number of carbonyl (C=O) groups excluding carboxylic acids is 3. The van der Waals surface area contributed by atoms with Crippen molar-refractivity contribution in [2.45, 2.75) is 12.8 Å². The monoisotopic (exact) mass is 363 g/mol. The molecule has 0 saturated carbocycles. The predicted molar refractivity (Wildman–Crippen MR) is 90.5 cm³/mol. The first-order valence-electron chi connectivity index (χ1n) is 8.69. The molecule has 0 aliphatic carbocycles. The number of likely N-dealkylation sites (tertiary alicyclic amines) is 2. The maximum atomic E-state index is 13.5. The van der Waals surface area contributed by atoms with Crippen LogP contribution < -0.4 is 10.5 Å². The van der Waals surface area contributed by atoms with E-state index in [-0.39, 0.29) is 41.9 Å². The summed E-state index contributed by atoms with van der Waals surface area (Å²) in [6.07, 6.45) is 1.18. The third-order valence-electron chi connectivity index (χ3n) is 4.98. The number of para-hydroxylation sites is 1. The predicted octanol–water partition coefficient (Wildman–Crippen LogP) is 0.387. The zero-order valence-electron chi connectivity index (χ0n) is 14.4. The number of primary amides is 1. The van der Waals surface area contributed by atoms with Gasteiger partial charge in [0.25, 0.3) is 5.91 Å². The summed E-state index contributed by atoms with van der Waals surface area (Å²) >= 11 is 0. The molecule has 2 fully saturated rings. The summed E-state index contributed by atoms with van der Waals surface area (Å²) in [6, 6.07) is 5.89. The fourth-order valence-corrected chi connectivity index (χ4v) is 3.27. The van der Waals surface area contributed by atoms with Crippen molar-refractivity contribution < 1.29 is 23.5 Å². The summed E-state index contributed by atoms with van der Waals surface area (Å²) in [7, 11) is 0. The summed E-state index contributed by atoms with van der Waals surface area (Å²) in [5.74, 6) is -1.45. The molecular formula is C18H22FN3O4. The van der Waals surface area contributed by atoms with Crippen LogP contribution in [0.3, 0.4) is 0 Å². The molecule has 0 atom stereocenters. The Hall–Kier alpha value is -2.64. The first kappa shape index (κ1) is 18.2. The molecule has 1 aromatic carbocycles. The smallest absolute Gasteiger partial charge is 0.260 e. The van der Waals surface area contributed by atoms with Crippen molar-refractivity contribution in [2.75, 3.05) is 32.8 Å². The van der Waals surface area contributed by atoms with E-state index in [2.05, 4.69) is 0 Å². The van der Waals surface area contributed by atoms with Crippen LogP contribution in [0.4, 0.5) is 4.39 Å². The van der Waals surface area contributed by atoms with Crippen molar-refractivity contribution in [3.05, 3.63) is 30.1 Å². The number of nitrogens with two attached hydrogens (primary N) is 1. The van der Waals surface area contributed by atoms with Gasteiger partial charge < -0.3 is 20.3 Å². The Morgan fingerprint density at radius 1 is 1.08 bits per heavy atom. The van der Waals surface area contributed by atoms with Gasteiger partial charge in [0.05, 0.1) is 5.92 Å². The minimum Gasteiger partial charge on any atom is -0.481 e. The second-order valence-corrected chi connectivity index (χ2v) is 6.72. The summed E-state index contributed by atoms with van der Waals surface area (Å²) < 4.78 is 18.7. The molecule has 0 spiro atoms. The van der Waals surface area contributed by atoms with Gasteiger partial charge in [-0.2, -0.15) is 0 Å². The van der Waals surface area contributed by atoms with Gasteiger partial charge in [0.2, 0.25) is 11.8 Å². The molecule has 3 rings (SSSR count). The van der Waals surface area contributed by atoms with E-state index in [1.165, 1.54) is 17.0 Å². The zero-order valence-corrected chi connectivity index (χ0v) is 14.4. The molecule has 0 unspecified atom stereocenters. The van der Waals surface area contributed by atoms with E-state index >= 15 is 0 Å². The summed E-state index contributed by atoms with van der Waals surface area (Å²) in [5.41, 5.74) is 5.30. The highest BCUT2D eigenvalue weighted by Gasteiger charge is 2.39. The van der Waals surface area contributed by atoms with Crippen LogP contribution in [0.25, 0.3) is 0 Å². The minimum atomic E-state index is -0.517. The molecule has 0 bridgehead atoms. The molecule has 2 aliphatic rings. The van der Waals surface area contributed by atoms with Crippen LogP contribution in [0.2, 0.25) is 0 Å². The number of hydrogen-bond acceptors (Lipinski definition) is 4. The Labute approximate surface area is 150 Å². The molecule has 26 heavy (non-hydrogen) atoms. The van der Waals surface area contributed by atoms with Crippen LogP contribution in [-0.4, -0.2) is 60.3 Å². The molecule has 2 saturated heterocycles. The van der Waals surface area contributed by atoms with Gasteiger partial charge in [-0.25, -0.2) is 4.39 Å². The van der Waals surface area contributed by atoms with Crippen LogP contribution in [-0.2, 0) is 14.4 Å². The summed E-state index contributed by atoms with van der Waals surface area (Å²) in [6.45, 7) is 1.47. The molecule has 8 heteroatoms. The minimum absolute atomic E-state index is 0.00647. The highest BCUT2D eigenvalue weighted by atomic mass is 19.1. The van der Waals surface area contributed by atoms with Gasteiger partial charge in [0, 0.05) is 32.1 Å². The number of rotatable bonds is 5. The van der Waals surface area contributed by atoms with Crippen LogP contribution in [0.1, 0.15) is 12.8 Å². The van der Waals surface area contributed by atoms with Crippen LogP contribution in [0.5, 0.6) is 5.75 Å². The molecule has 3 amide bonds. The van der Waals surface area contributed by atoms with Gasteiger partial charge in [0.15, 0.2) is 18.2 Å². The average molecular weight is 363 g/mol. The van der Waals surface area contributed by atoms with E-state index in [0.29, 0.717) is 39.0 Å². The van der Waals surface area contributed by atoms with Crippen molar-refractivity contribution >= 4 is 17.7 Å². The molecule has 0 radical (unpaired) electrons. The van der Waals surface area contributed by atoms with E-state index in [9.17, 15) is 18.8 Å². The molecular weight excluding hydrogens is 341 g/mol. The van der Waals surface area contributed by atoms with Crippen molar-refractivity contribution in [1.29, 1.82) is 0 Å². The van der Waals surface area contributed by atoms with E-state index in [1.807, 2.05) is 0 Å². The van der Waals surface area contributed by atoms with E-state index in [1.54, 1.807) is 17.0 Å². The molecule has 0 aromatic heterocycles. The topological polar surface area (TPSA) is 92.9 Å². The van der Waals surface area contributed by atoms with Crippen molar-refractivity contribution in [2.24, 2.45) is 17.6 Å². The van der Waals surface area contributed by atoms with Crippen LogP contribution >= 0.6 is 0 Å². The lowest BCUT2D eigenvalue weighted by atomic mass is 9.93. The Morgan fingerprint density at radius 3 is 2.35 bits per heavy atom. The molecule has 1 aromatic rings. The lowest BCUT2D eigenvalue weighted by Crippen LogP contribution is -2.58. The fourth-order valence-electron chi connectivity index (χ4n) is 3.27. The highest BCUT2D eigenvalue weighted by Crippen LogP contribution is 2.23. The number of benzene rings is 1. The number of carbonyl (C=O) groups is 3. The van der Waals surface area contributed by atoms with Gasteiger partial charge in [-0.15, -0.1) is 0 Å². The zero-order chi connectivity index (χ0) is 18.7. The second-order valence-electron chi connectivity index (χ2n) is 6.72. The summed E-state index contributed by atoms with van der Waals surface area (Å²) in [5, 5.41) is 0. The lowest BCUT2D eigenvalue weighted by Gasteiger charge is -2.41. The number of ether oxygens (including phenoxy) is 1. The van der Waals surface area contributed by atoms with Gasteiger partial charge in [-0.3, -0.25) is 14.4 Å². The van der Waals surface area contributed by atoms with Crippen LogP contribution in [0, 0.1) is 17.7 Å². The van der Waals surface area contributed by atoms with Gasteiger partial charge in [-0.05, 0) is 25.0 Å². The highest BCUT2D eigenvalue weighted by molar-refractivity contribution is 5.85. The van der Waals surface area contributed by atoms with Crippen LogP contribution in [0.15, 0.2) is 24.3 Å². The third kappa shape index (κ3) is 3.95. The molecule has 2 heterocycles. The maximum Gasteiger partial charge on any atom is 0.260 e. The summed E-state index contributed by atoms with van der Waals surface area (Å²) in [4.78, 5) is 39.0. The maximum absolute atomic E-state index is 13.5. The van der Waals surface area contributed by atoms with Crippen molar-refractivity contribution in [3.63, 3.8) is 0 Å². The van der Waals surface area contributed by atoms with Crippen molar-refractivity contribution in [3.8, 4) is 5.75 Å². The SMILES string of the molecule is NC(=O)C1CCN(C(=O)C2CN(C(=O)COc3ccccc3F)C2)CC1. The molecule has 2 aliphatic heterocycles. The second kappa shape index (κ2) is 7.72. The van der Waals surface area contributed by atoms with E-state index in [0.717, 1.165) is 0 Å². The number of nitrogens with zero attached hydrogens (tertiary/aromatic N) is 2. The number of halogens is 1. The van der Waals surface area contributed by atoms with E-state index < -0.39 is 5.82 Å². The quantitative estimate of drug-likeness (QED) is 0.819. The molecule has 140 valence electrons. The standard InChI is InChI=1S/C18H22FN3O4/c19-14-3-1-2-4-15(14)26-11-16(23)22-9-13(10-22)18(25)21-7-5-12(6-8-21)17(20)24/h1-4,12-13H,5-11H2,(H2,20,24). The Bertz CT molecular complexity index is 697. The first-order chi connectivity index (χ1) is 12.5. The number of piperidine rings is 1. The Morgan fingerprint density at radius 2 is 1.73 bits per heavy atom. The number of amides is 3. The fraction of sp³-hybridized carbons (Fsp3) is 0.500. The largest absolute Gasteiger partial charge is 0.481 e. The van der Waals surface area contributed by atoms with Gasteiger partial charge in [-0.1, -0.05) is 12.1 Å². The van der Waals surface area contributed by atoms with Gasteiger partial charge in [0.1, 0.15) is 0 Å². The molecule has 7 nitrogen and oxygen atoms in total. The number of hydrogen-bond donors (Lipinski definition) is 1. The Kier molecular flexibility index (Phi) is 5.39. The van der Waals surface area contributed by atoms with Crippen molar-refractivity contribution in [1.82, 2.24) is 9.80 Å². The third-order valence-corrected chi connectivity index (χ3v) is 4.98. The van der Waals surface area contributed by atoms with E-state index in [4.69, 9.17) is 10.5 Å². The molecule has 2 N–H and O–H groups in total. The normalized spacial score (nSPS) is 18.3.